The fourth-order valence-electron chi connectivity index (χ4n) is 3.97. The number of amides is 1. The van der Waals surface area contributed by atoms with E-state index < -0.39 is 0 Å². The number of piperazine rings is 1. The Bertz CT molecular complexity index is 553. The molecule has 1 aromatic rings. The van der Waals surface area contributed by atoms with E-state index in [0.717, 1.165) is 50.7 Å². The second kappa shape index (κ2) is 8.65. The Hall–Kier alpha value is -1.62. The number of aryl methyl sites for hydroxylation is 2. The monoisotopic (exact) mass is 344 g/mol. The maximum absolute atomic E-state index is 12.7. The lowest BCUT2D eigenvalue weighted by Crippen LogP contribution is -2.51. The van der Waals surface area contributed by atoms with E-state index in [-0.39, 0.29) is 0 Å². The molecule has 1 aromatic heterocycles. The van der Waals surface area contributed by atoms with Gasteiger partial charge in [0.2, 0.25) is 5.91 Å². The molecule has 0 aromatic carbocycles. The van der Waals surface area contributed by atoms with Crippen molar-refractivity contribution in [1.82, 2.24) is 14.8 Å². The third-order valence-electron chi connectivity index (χ3n) is 5.37. The molecule has 3 rings (SSSR count). The number of nitrogens with zero attached hydrogens (tertiary/aromatic N) is 4. The molecule has 0 spiro atoms. The maximum Gasteiger partial charge on any atom is 0.236 e. The van der Waals surface area contributed by atoms with Gasteiger partial charge in [-0.3, -0.25) is 14.7 Å². The van der Waals surface area contributed by atoms with Crippen LogP contribution in [-0.4, -0.2) is 66.5 Å². The topological polar surface area (TPSA) is 39.7 Å². The molecule has 2 saturated heterocycles. The first-order chi connectivity index (χ1) is 12.1. The minimum atomic E-state index is 0.308. The van der Waals surface area contributed by atoms with Gasteiger partial charge in [-0.1, -0.05) is 19.3 Å². The van der Waals surface area contributed by atoms with Crippen LogP contribution in [0.3, 0.4) is 0 Å². The quantitative estimate of drug-likeness (QED) is 0.845. The molecule has 0 saturated carbocycles. The van der Waals surface area contributed by atoms with E-state index in [9.17, 15) is 4.79 Å². The van der Waals surface area contributed by atoms with Crippen molar-refractivity contribution >= 4 is 11.6 Å². The van der Waals surface area contributed by atoms with Crippen LogP contribution in [0, 0.1) is 13.8 Å². The van der Waals surface area contributed by atoms with Crippen LogP contribution in [0.2, 0.25) is 0 Å². The zero-order chi connectivity index (χ0) is 17.6. The summed E-state index contributed by atoms with van der Waals surface area (Å²) in [5, 5.41) is 0. The van der Waals surface area contributed by atoms with Crippen LogP contribution < -0.4 is 4.90 Å². The van der Waals surface area contributed by atoms with Gasteiger partial charge in [0, 0.05) is 43.3 Å². The van der Waals surface area contributed by atoms with Gasteiger partial charge in [-0.25, -0.2) is 0 Å². The van der Waals surface area contributed by atoms with Crippen molar-refractivity contribution in [2.24, 2.45) is 0 Å². The first kappa shape index (κ1) is 18.2. The minimum Gasteiger partial charge on any atom is -0.368 e. The normalized spacial score (nSPS) is 20.2. The fourth-order valence-corrected chi connectivity index (χ4v) is 3.97. The molecular weight excluding hydrogens is 312 g/mol. The van der Waals surface area contributed by atoms with Crippen molar-refractivity contribution in [2.45, 2.75) is 46.0 Å². The molecule has 2 fully saturated rings. The number of hydrogen-bond acceptors (Lipinski definition) is 4. The summed E-state index contributed by atoms with van der Waals surface area (Å²) in [6.07, 6.45) is 6.46. The van der Waals surface area contributed by atoms with Crippen molar-refractivity contribution in [1.29, 1.82) is 0 Å². The van der Waals surface area contributed by atoms with Gasteiger partial charge in [0.1, 0.15) is 0 Å². The SMILES string of the molecule is Cc1cc(N2CCN(C(=O)CN3CCCCCCC3)CC2)cc(C)n1. The lowest BCUT2D eigenvalue weighted by atomic mass is 10.1. The van der Waals surface area contributed by atoms with Crippen molar-refractivity contribution < 1.29 is 4.79 Å². The van der Waals surface area contributed by atoms with Gasteiger partial charge in [0.15, 0.2) is 0 Å². The van der Waals surface area contributed by atoms with Crippen molar-refractivity contribution in [3.8, 4) is 0 Å². The summed E-state index contributed by atoms with van der Waals surface area (Å²) in [4.78, 5) is 23.9. The van der Waals surface area contributed by atoms with Crippen molar-refractivity contribution in [3.05, 3.63) is 23.5 Å². The van der Waals surface area contributed by atoms with Crippen LogP contribution in [0.4, 0.5) is 5.69 Å². The Balaban J connectivity index is 1.50. The number of pyridine rings is 1. The van der Waals surface area contributed by atoms with E-state index in [1.807, 2.05) is 13.8 Å². The Kier molecular flexibility index (Phi) is 6.29. The minimum absolute atomic E-state index is 0.308. The molecule has 0 N–H and O–H groups in total. The van der Waals surface area contributed by atoms with Crippen LogP contribution in [0.25, 0.3) is 0 Å². The molecule has 138 valence electrons. The number of hydrogen-bond donors (Lipinski definition) is 0. The van der Waals surface area contributed by atoms with E-state index in [0.29, 0.717) is 12.5 Å². The van der Waals surface area contributed by atoms with Crippen LogP contribution in [0.15, 0.2) is 12.1 Å². The third kappa shape index (κ3) is 5.18. The largest absolute Gasteiger partial charge is 0.368 e. The van der Waals surface area contributed by atoms with Gasteiger partial charge < -0.3 is 9.80 Å². The fraction of sp³-hybridized carbons (Fsp3) is 0.700. The second-order valence-corrected chi connectivity index (χ2v) is 7.52. The summed E-state index contributed by atoms with van der Waals surface area (Å²) < 4.78 is 0. The highest BCUT2D eigenvalue weighted by Gasteiger charge is 2.23. The van der Waals surface area contributed by atoms with E-state index in [2.05, 4.69) is 31.8 Å². The van der Waals surface area contributed by atoms with E-state index >= 15 is 0 Å². The number of likely N-dealkylation sites (tertiary alicyclic amines) is 1. The van der Waals surface area contributed by atoms with Crippen molar-refractivity contribution in [3.63, 3.8) is 0 Å². The van der Waals surface area contributed by atoms with E-state index in [1.165, 1.54) is 37.8 Å². The first-order valence-corrected chi connectivity index (χ1v) is 9.82. The zero-order valence-electron chi connectivity index (χ0n) is 15.8. The van der Waals surface area contributed by atoms with Gasteiger partial charge in [-0.05, 0) is 51.9 Å². The molecule has 3 heterocycles. The lowest BCUT2D eigenvalue weighted by molar-refractivity contribution is -0.132. The summed E-state index contributed by atoms with van der Waals surface area (Å²) >= 11 is 0. The summed E-state index contributed by atoms with van der Waals surface area (Å²) in [7, 11) is 0. The molecule has 0 atom stereocenters. The zero-order valence-corrected chi connectivity index (χ0v) is 15.8. The first-order valence-electron chi connectivity index (χ1n) is 9.82. The molecule has 5 heteroatoms. The molecule has 0 radical (unpaired) electrons. The average Bonchev–Trinajstić information content (AvgIpc) is 2.56. The van der Waals surface area contributed by atoms with Gasteiger partial charge in [0.25, 0.3) is 0 Å². The Labute approximate surface area is 152 Å². The number of aromatic nitrogens is 1. The molecule has 25 heavy (non-hydrogen) atoms. The van der Waals surface area contributed by atoms with Gasteiger partial charge in [-0.15, -0.1) is 0 Å². The maximum atomic E-state index is 12.7. The van der Waals surface area contributed by atoms with E-state index in [1.54, 1.807) is 0 Å². The number of anilines is 1. The van der Waals surface area contributed by atoms with Crippen LogP contribution in [-0.2, 0) is 4.79 Å². The average molecular weight is 345 g/mol. The highest BCUT2D eigenvalue weighted by atomic mass is 16.2. The summed E-state index contributed by atoms with van der Waals surface area (Å²) in [6.45, 7) is 10.3. The molecule has 2 aliphatic rings. The summed E-state index contributed by atoms with van der Waals surface area (Å²) in [5.74, 6) is 0.308. The molecule has 1 amide bonds. The van der Waals surface area contributed by atoms with Crippen LogP contribution in [0.1, 0.15) is 43.5 Å². The Morgan fingerprint density at radius 2 is 1.44 bits per heavy atom. The molecule has 0 unspecified atom stereocenters. The molecule has 5 nitrogen and oxygen atoms in total. The predicted octanol–water partition coefficient (Wildman–Crippen LogP) is 2.61. The second-order valence-electron chi connectivity index (χ2n) is 7.52. The highest BCUT2D eigenvalue weighted by molar-refractivity contribution is 5.78. The predicted molar refractivity (Wildman–Crippen MR) is 102 cm³/mol. The van der Waals surface area contributed by atoms with Crippen molar-refractivity contribution in [2.75, 3.05) is 50.7 Å². The van der Waals surface area contributed by atoms with Crippen LogP contribution >= 0.6 is 0 Å². The van der Waals surface area contributed by atoms with Crippen LogP contribution in [0.5, 0.6) is 0 Å². The lowest BCUT2D eigenvalue weighted by Gasteiger charge is -2.37. The van der Waals surface area contributed by atoms with E-state index in [4.69, 9.17) is 0 Å². The summed E-state index contributed by atoms with van der Waals surface area (Å²) in [6, 6.07) is 4.29. The highest BCUT2D eigenvalue weighted by Crippen LogP contribution is 2.19. The third-order valence-corrected chi connectivity index (χ3v) is 5.37. The Morgan fingerprint density at radius 1 is 0.880 bits per heavy atom. The van der Waals surface area contributed by atoms with Gasteiger partial charge >= 0.3 is 0 Å². The van der Waals surface area contributed by atoms with Gasteiger partial charge in [-0.2, -0.15) is 0 Å². The molecule has 0 bridgehead atoms. The smallest absolute Gasteiger partial charge is 0.236 e. The standard InChI is InChI=1S/C20H32N4O/c1-17-14-19(15-18(2)21-17)23-10-12-24(13-11-23)20(25)16-22-8-6-4-3-5-7-9-22/h14-15H,3-13,16H2,1-2H3. The van der Waals surface area contributed by atoms with Gasteiger partial charge in [0.05, 0.1) is 6.54 Å². The number of carbonyl (C=O) groups excluding carboxylic acids is 1. The molecular formula is C20H32N4O. The number of carbonyl (C=O) groups is 1. The number of rotatable bonds is 3. The Morgan fingerprint density at radius 3 is 2.04 bits per heavy atom. The molecule has 2 aliphatic heterocycles. The molecule has 0 aliphatic carbocycles. The summed E-state index contributed by atoms with van der Waals surface area (Å²) in [5.41, 5.74) is 3.36.